The van der Waals surface area contributed by atoms with Crippen LogP contribution in [0.3, 0.4) is 0 Å². The molecule has 0 radical (unpaired) electrons. The van der Waals surface area contributed by atoms with E-state index in [4.69, 9.17) is 20.8 Å². The van der Waals surface area contributed by atoms with Crippen molar-refractivity contribution in [1.29, 1.82) is 0 Å². The molecule has 0 saturated carbocycles. The number of fused-ring (bicyclic) bond motifs is 1. The monoisotopic (exact) mass is 489 g/mol. The molecule has 9 heteroatoms. The minimum atomic E-state index is -3.24. The van der Waals surface area contributed by atoms with E-state index in [-0.39, 0.29) is 40.2 Å². The van der Waals surface area contributed by atoms with Crippen LogP contribution in [-0.2, 0) is 16.4 Å². The molecule has 1 aliphatic heterocycles. The van der Waals surface area contributed by atoms with Gasteiger partial charge in [0.2, 0.25) is 0 Å². The van der Waals surface area contributed by atoms with Crippen molar-refractivity contribution in [3.05, 3.63) is 74.6 Å². The zero-order valence-electron chi connectivity index (χ0n) is 18.3. The maximum atomic E-state index is 13.5. The fourth-order valence-corrected chi connectivity index (χ4v) is 5.86. The third-order valence-corrected chi connectivity index (χ3v) is 7.87. The summed E-state index contributed by atoms with van der Waals surface area (Å²) in [6.45, 7) is 4.38. The molecular formula is C24H24ClNO6S. The van der Waals surface area contributed by atoms with Gasteiger partial charge in [0.1, 0.15) is 11.3 Å². The van der Waals surface area contributed by atoms with E-state index >= 15 is 0 Å². The van der Waals surface area contributed by atoms with Crippen molar-refractivity contribution >= 4 is 38.3 Å². The maximum absolute atomic E-state index is 13.5. The van der Waals surface area contributed by atoms with Crippen LogP contribution in [0.4, 0.5) is 0 Å². The van der Waals surface area contributed by atoms with Crippen LogP contribution in [0, 0.1) is 6.92 Å². The van der Waals surface area contributed by atoms with E-state index in [1.54, 1.807) is 25.1 Å². The van der Waals surface area contributed by atoms with E-state index < -0.39 is 21.8 Å². The molecule has 4 rings (SSSR count). The number of sulfone groups is 1. The Bertz CT molecular complexity index is 1360. The van der Waals surface area contributed by atoms with Gasteiger partial charge in [-0.2, -0.15) is 0 Å². The van der Waals surface area contributed by atoms with E-state index in [1.165, 1.54) is 11.0 Å². The van der Waals surface area contributed by atoms with Gasteiger partial charge in [0.05, 0.1) is 23.5 Å². The third-order valence-electron chi connectivity index (χ3n) is 5.72. The van der Waals surface area contributed by atoms with Gasteiger partial charge in [-0.1, -0.05) is 23.7 Å². The number of nitrogens with zero attached hydrogens (tertiary/aromatic N) is 1. The molecule has 2 heterocycles. The number of halogens is 1. The molecule has 1 amide bonds. The van der Waals surface area contributed by atoms with E-state index in [9.17, 15) is 18.0 Å². The molecule has 1 atom stereocenters. The average Bonchev–Trinajstić information content (AvgIpc) is 3.13. The number of rotatable bonds is 6. The molecule has 0 bridgehead atoms. The van der Waals surface area contributed by atoms with Crippen molar-refractivity contribution in [2.24, 2.45) is 0 Å². The van der Waals surface area contributed by atoms with Gasteiger partial charge < -0.3 is 14.1 Å². The molecule has 1 saturated heterocycles. The molecule has 0 N–H and O–H groups in total. The molecule has 0 aliphatic carbocycles. The van der Waals surface area contributed by atoms with E-state index in [2.05, 4.69) is 0 Å². The molecule has 1 fully saturated rings. The average molecular weight is 490 g/mol. The molecule has 3 aromatic rings. The highest BCUT2D eigenvalue weighted by atomic mass is 35.5. The van der Waals surface area contributed by atoms with Crippen molar-refractivity contribution in [2.75, 3.05) is 18.1 Å². The van der Waals surface area contributed by atoms with Crippen molar-refractivity contribution in [3.8, 4) is 5.75 Å². The number of aryl methyl sites for hydroxylation is 1. The van der Waals surface area contributed by atoms with Crippen molar-refractivity contribution in [3.63, 3.8) is 0 Å². The number of hydrogen-bond acceptors (Lipinski definition) is 6. The van der Waals surface area contributed by atoms with Crippen LogP contribution < -0.4 is 10.2 Å². The molecule has 0 spiro atoms. The predicted molar refractivity (Wildman–Crippen MR) is 127 cm³/mol. The summed E-state index contributed by atoms with van der Waals surface area (Å²) in [6, 6.07) is 11.0. The first-order valence-corrected chi connectivity index (χ1v) is 12.8. The molecule has 2 aromatic carbocycles. The van der Waals surface area contributed by atoms with Crippen molar-refractivity contribution in [2.45, 2.75) is 32.9 Å². The highest BCUT2D eigenvalue weighted by Gasteiger charge is 2.36. The Morgan fingerprint density at radius 3 is 2.58 bits per heavy atom. The second-order valence-corrected chi connectivity index (χ2v) is 10.8. The lowest BCUT2D eigenvalue weighted by Crippen LogP contribution is -2.40. The third kappa shape index (κ3) is 5.07. The first-order valence-electron chi connectivity index (χ1n) is 10.6. The van der Waals surface area contributed by atoms with Crippen LogP contribution in [0.2, 0.25) is 5.02 Å². The summed E-state index contributed by atoms with van der Waals surface area (Å²) in [6.07, 6.45) is 0.331. The Kier molecular flexibility index (Phi) is 6.50. The molecule has 1 aromatic heterocycles. The number of benzene rings is 2. The summed E-state index contributed by atoms with van der Waals surface area (Å²) in [7, 11) is -3.24. The van der Waals surface area contributed by atoms with Gasteiger partial charge in [0, 0.05) is 23.7 Å². The minimum Gasteiger partial charge on any atom is -0.494 e. The largest absolute Gasteiger partial charge is 0.494 e. The fraction of sp³-hybridized carbons (Fsp3) is 0.333. The highest BCUT2D eigenvalue weighted by Crippen LogP contribution is 2.26. The first kappa shape index (κ1) is 23.3. The highest BCUT2D eigenvalue weighted by molar-refractivity contribution is 7.91. The van der Waals surface area contributed by atoms with Crippen LogP contribution in [0.25, 0.3) is 11.0 Å². The second-order valence-electron chi connectivity index (χ2n) is 8.14. The van der Waals surface area contributed by atoms with Crippen LogP contribution in [-0.4, -0.2) is 43.4 Å². The zero-order chi connectivity index (χ0) is 23.8. The molecule has 7 nitrogen and oxygen atoms in total. The van der Waals surface area contributed by atoms with E-state index in [0.717, 1.165) is 11.6 Å². The number of carbonyl (C=O) groups is 1. The number of hydrogen-bond donors (Lipinski definition) is 0. The van der Waals surface area contributed by atoms with Crippen molar-refractivity contribution in [1.82, 2.24) is 4.90 Å². The van der Waals surface area contributed by atoms with Gasteiger partial charge >= 0.3 is 0 Å². The summed E-state index contributed by atoms with van der Waals surface area (Å²) >= 11 is 6.12. The molecular weight excluding hydrogens is 466 g/mol. The summed E-state index contributed by atoms with van der Waals surface area (Å²) in [4.78, 5) is 27.7. The number of carbonyl (C=O) groups excluding carboxylic acids is 1. The van der Waals surface area contributed by atoms with Gasteiger partial charge in [-0.15, -0.1) is 0 Å². The minimum absolute atomic E-state index is 0.0179. The smallest absolute Gasteiger partial charge is 0.290 e. The quantitative estimate of drug-likeness (QED) is 0.519. The van der Waals surface area contributed by atoms with Gasteiger partial charge in [-0.05, 0) is 55.7 Å². The van der Waals surface area contributed by atoms with Gasteiger partial charge in [-0.3, -0.25) is 9.59 Å². The summed E-state index contributed by atoms with van der Waals surface area (Å²) in [5.74, 6) is -0.0639. The Morgan fingerprint density at radius 1 is 1.21 bits per heavy atom. The Labute approximate surface area is 196 Å². The lowest BCUT2D eigenvalue weighted by atomic mass is 10.1. The van der Waals surface area contributed by atoms with Crippen LogP contribution >= 0.6 is 11.6 Å². The van der Waals surface area contributed by atoms with Gasteiger partial charge in [-0.25, -0.2) is 8.42 Å². The Morgan fingerprint density at radius 2 is 1.94 bits per heavy atom. The molecule has 174 valence electrons. The van der Waals surface area contributed by atoms with Crippen LogP contribution in [0.15, 0.2) is 51.7 Å². The normalized spacial score (nSPS) is 17.2. The summed E-state index contributed by atoms with van der Waals surface area (Å²) in [5, 5.41) is 0.714. The Hall–Kier alpha value is -2.84. The first-order chi connectivity index (χ1) is 15.7. The lowest BCUT2D eigenvalue weighted by Gasteiger charge is -2.28. The van der Waals surface area contributed by atoms with Gasteiger partial charge in [0.15, 0.2) is 21.0 Å². The van der Waals surface area contributed by atoms with Crippen LogP contribution in [0.1, 0.15) is 35.0 Å². The molecule has 0 unspecified atom stereocenters. The van der Waals surface area contributed by atoms with E-state index in [1.807, 2.05) is 19.1 Å². The number of amides is 1. The molecule has 33 heavy (non-hydrogen) atoms. The summed E-state index contributed by atoms with van der Waals surface area (Å²) in [5.41, 5.74) is 1.39. The second kappa shape index (κ2) is 9.19. The zero-order valence-corrected chi connectivity index (χ0v) is 19.9. The lowest BCUT2D eigenvalue weighted by molar-refractivity contribution is 0.0648. The van der Waals surface area contributed by atoms with Gasteiger partial charge in [0.25, 0.3) is 5.91 Å². The summed E-state index contributed by atoms with van der Waals surface area (Å²) < 4.78 is 35.5. The molecule has 1 aliphatic rings. The maximum Gasteiger partial charge on any atom is 0.290 e. The van der Waals surface area contributed by atoms with Crippen molar-refractivity contribution < 1.29 is 22.4 Å². The fourth-order valence-electron chi connectivity index (χ4n) is 3.97. The van der Waals surface area contributed by atoms with Crippen LogP contribution in [0.5, 0.6) is 5.75 Å². The SMILES string of the molecule is CCOc1ccc(CN(C(=O)c2cc(=O)c3cc(Cl)c(C)cc3o2)[C@@H]2CCS(=O)(=O)C2)cc1. The Balaban J connectivity index is 1.71. The standard InChI is InChI=1S/C24H24ClNO6S/c1-3-31-18-6-4-16(5-7-18)13-26(17-8-9-33(29,30)14-17)24(28)23-12-21(27)19-11-20(25)15(2)10-22(19)32-23/h4-7,10-12,17H,3,8-9,13-14H2,1-2H3/t17-/m1/s1. The predicted octanol–water partition coefficient (Wildman–Crippen LogP) is 3.98. The number of ether oxygens (including phenoxy) is 1. The topological polar surface area (TPSA) is 93.9 Å². The van der Waals surface area contributed by atoms with E-state index in [0.29, 0.717) is 29.4 Å².